The zero-order valence-corrected chi connectivity index (χ0v) is 13.1. The molecule has 5 nitrogen and oxygen atoms in total. The molecule has 19 heavy (non-hydrogen) atoms. The summed E-state index contributed by atoms with van der Waals surface area (Å²) in [5, 5.41) is 3.31. The average molecular weight is 295 g/mol. The second kappa shape index (κ2) is 9.53. The van der Waals surface area contributed by atoms with Crippen LogP contribution in [0.4, 0.5) is 0 Å². The predicted molar refractivity (Wildman–Crippen MR) is 77.8 cm³/mol. The Morgan fingerprint density at radius 2 is 1.84 bits per heavy atom. The number of halogens is 1. The number of nitrogens with zero attached hydrogens (tertiary/aromatic N) is 1. The van der Waals surface area contributed by atoms with Gasteiger partial charge in [0.1, 0.15) is 0 Å². The second-order valence-corrected chi connectivity index (χ2v) is 5.12. The Kier molecular flexibility index (Phi) is 9.35. The largest absolute Gasteiger partial charge is 0.383 e. The molecule has 114 valence electrons. The molecule has 6 heteroatoms. The number of piperidine rings is 1. The molecule has 0 bridgehead atoms. The highest BCUT2D eigenvalue weighted by molar-refractivity contribution is 5.85. The summed E-state index contributed by atoms with van der Waals surface area (Å²) < 4.78 is 10.1. The van der Waals surface area contributed by atoms with Crippen molar-refractivity contribution in [1.82, 2.24) is 10.2 Å². The van der Waals surface area contributed by atoms with Crippen LogP contribution in [0.5, 0.6) is 0 Å². The van der Waals surface area contributed by atoms with E-state index in [2.05, 4.69) is 5.32 Å². The molecule has 0 aromatic heterocycles. The van der Waals surface area contributed by atoms with Crippen molar-refractivity contribution in [2.45, 2.75) is 19.8 Å². The van der Waals surface area contributed by atoms with Crippen LogP contribution in [-0.2, 0) is 14.3 Å². The fraction of sp³-hybridized carbons (Fsp3) is 0.923. The number of ether oxygens (including phenoxy) is 2. The van der Waals surface area contributed by atoms with Gasteiger partial charge >= 0.3 is 0 Å². The van der Waals surface area contributed by atoms with Gasteiger partial charge in [0.2, 0.25) is 5.91 Å². The van der Waals surface area contributed by atoms with Gasteiger partial charge in [-0.3, -0.25) is 4.79 Å². The summed E-state index contributed by atoms with van der Waals surface area (Å²) in [6.07, 6.45) is 2.01. The number of nitrogens with one attached hydrogen (secondary N) is 1. The highest BCUT2D eigenvalue weighted by atomic mass is 35.5. The fourth-order valence-electron chi connectivity index (χ4n) is 2.34. The van der Waals surface area contributed by atoms with E-state index in [0.29, 0.717) is 26.3 Å². The molecule has 1 amide bonds. The standard InChI is InChI=1S/C13H26N2O3.ClH/c1-13(5-4-6-14-11-13)12(16)15(7-9-17-2)8-10-18-3;/h14H,4-11H2,1-3H3;1H. The van der Waals surface area contributed by atoms with E-state index >= 15 is 0 Å². The molecule has 0 aromatic carbocycles. The van der Waals surface area contributed by atoms with Crippen LogP contribution in [0.25, 0.3) is 0 Å². The molecule has 1 saturated heterocycles. The highest BCUT2D eigenvalue weighted by Crippen LogP contribution is 2.27. The van der Waals surface area contributed by atoms with Crippen molar-refractivity contribution in [2.75, 3.05) is 53.6 Å². The molecule has 0 aliphatic carbocycles. The van der Waals surface area contributed by atoms with Gasteiger partial charge in [-0.15, -0.1) is 12.4 Å². The minimum Gasteiger partial charge on any atom is -0.383 e. The molecule has 1 rings (SSSR count). The molecular weight excluding hydrogens is 268 g/mol. The van der Waals surface area contributed by atoms with Gasteiger partial charge in [0.05, 0.1) is 18.6 Å². The molecule has 1 heterocycles. The molecule has 1 aliphatic heterocycles. The summed E-state index contributed by atoms with van der Waals surface area (Å²) in [5.74, 6) is 0.212. The molecule has 0 spiro atoms. The molecule has 1 aliphatic rings. The molecule has 1 fully saturated rings. The van der Waals surface area contributed by atoms with Gasteiger partial charge in [-0.25, -0.2) is 0 Å². The lowest BCUT2D eigenvalue weighted by Gasteiger charge is -2.37. The molecular formula is C13H27ClN2O3. The van der Waals surface area contributed by atoms with Gasteiger partial charge < -0.3 is 19.7 Å². The van der Waals surface area contributed by atoms with E-state index in [0.717, 1.165) is 25.9 Å². The smallest absolute Gasteiger partial charge is 0.229 e. The summed E-state index contributed by atoms with van der Waals surface area (Å²) in [6, 6.07) is 0. The summed E-state index contributed by atoms with van der Waals surface area (Å²) in [5.41, 5.74) is -0.278. The van der Waals surface area contributed by atoms with Gasteiger partial charge in [0, 0.05) is 33.9 Å². The van der Waals surface area contributed by atoms with Crippen LogP contribution in [-0.4, -0.2) is 64.4 Å². The van der Waals surface area contributed by atoms with Crippen molar-refractivity contribution < 1.29 is 14.3 Å². The summed E-state index contributed by atoms with van der Waals surface area (Å²) >= 11 is 0. The summed E-state index contributed by atoms with van der Waals surface area (Å²) in [4.78, 5) is 14.5. The molecule has 0 saturated carbocycles. The second-order valence-electron chi connectivity index (χ2n) is 5.12. The van der Waals surface area contributed by atoms with Crippen molar-refractivity contribution in [3.8, 4) is 0 Å². The van der Waals surface area contributed by atoms with Crippen LogP contribution in [0.15, 0.2) is 0 Å². The number of carbonyl (C=O) groups excluding carboxylic acids is 1. The maximum Gasteiger partial charge on any atom is 0.229 e. The first-order valence-corrected chi connectivity index (χ1v) is 6.62. The lowest BCUT2D eigenvalue weighted by molar-refractivity contribution is -0.143. The zero-order valence-electron chi connectivity index (χ0n) is 12.2. The Balaban J connectivity index is 0.00000324. The van der Waals surface area contributed by atoms with Crippen LogP contribution >= 0.6 is 12.4 Å². The Morgan fingerprint density at radius 1 is 1.26 bits per heavy atom. The molecule has 1 unspecified atom stereocenters. The maximum atomic E-state index is 12.6. The monoisotopic (exact) mass is 294 g/mol. The number of hydrogen-bond acceptors (Lipinski definition) is 4. The van der Waals surface area contributed by atoms with E-state index in [9.17, 15) is 4.79 Å². The van der Waals surface area contributed by atoms with Crippen LogP contribution in [0.3, 0.4) is 0 Å². The predicted octanol–water partition coefficient (Wildman–Crippen LogP) is 0.919. The number of rotatable bonds is 7. The summed E-state index contributed by atoms with van der Waals surface area (Å²) in [6.45, 7) is 6.23. The van der Waals surface area contributed by atoms with Crippen molar-refractivity contribution in [3.05, 3.63) is 0 Å². The molecule has 0 aromatic rings. The first-order valence-electron chi connectivity index (χ1n) is 6.62. The zero-order chi connectivity index (χ0) is 13.4. The number of carbonyl (C=O) groups is 1. The number of hydrogen-bond donors (Lipinski definition) is 1. The lowest BCUT2D eigenvalue weighted by Crippen LogP contribution is -2.51. The third-order valence-corrected chi connectivity index (χ3v) is 3.53. The van der Waals surface area contributed by atoms with Gasteiger partial charge in [-0.1, -0.05) is 0 Å². The first kappa shape index (κ1) is 18.6. The average Bonchev–Trinajstić information content (AvgIpc) is 2.39. The van der Waals surface area contributed by atoms with Crippen molar-refractivity contribution in [2.24, 2.45) is 5.41 Å². The van der Waals surface area contributed by atoms with Gasteiger partial charge in [0.15, 0.2) is 0 Å². The Morgan fingerprint density at radius 3 is 2.26 bits per heavy atom. The first-order chi connectivity index (χ1) is 8.64. The lowest BCUT2D eigenvalue weighted by atomic mass is 9.81. The number of methoxy groups -OCH3 is 2. The minimum absolute atomic E-state index is 0. The highest BCUT2D eigenvalue weighted by Gasteiger charge is 2.37. The van der Waals surface area contributed by atoms with E-state index in [1.54, 1.807) is 14.2 Å². The Hall–Kier alpha value is -0.360. The van der Waals surface area contributed by atoms with E-state index in [1.807, 2.05) is 11.8 Å². The topological polar surface area (TPSA) is 50.8 Å². The third kappa shape index (κ3) is 5.65. The summed E-state index contributed by atoms with van der Waals surface area (Å²) in [7, 11) is 3.31. The Bertz CT molecular complexity index is 250. The molecule has 1 atom stereocenters. The third-order valence-electron chi connectivity index (χ3n) is 3.53. The van der Waals surface area contributed by atoms with E-state index in [4.69, 9.17) is 9.47 Å². The van der Waals surface area contributed by atoms with Gasteiger partial charge in [-0.2, -0.15) is 0 Å². The van der Waals surface area contributed by atoms with E-state index in [1.165, 1.54) is 0 Å². The minimum atomic E-state index is -0.278. The normalized spacial score (nSPS) is 22.7. The number of amides is 1. The van der Waals surface area contributed by atoms with Crippen molar-refractivity contribution >= 4 is 18.3 Å². The Labute approximate surface area is 122 Å². The van der Waals surface area contributed by atoms with Crippen LogP contribution in [0.1, 0.15) is 19.8 Å². The van der Waals surface area contributed by atoms with Gasteiger partial charge in [-0.05, 0) is 26.3 Å². The fourth-order valence-corrected chi connectivity index (χ4v) is 2.34. The van der Waals surface area contributed by atoms with E-state index < -0.39 is 0 Å². The van der Waals surface area contributed by atoms with Crippen LogP contribution < -0.4 is 5.32 Å². The van der Waals surface area contributed by atoms with Gasteiger partial charge in [0.25, 0.3) is 0 Å². The molecule has 1 N–H and O–H groups in total. The molecule has 0 radical (unpaired) electrons. The quantitative estimate of drug-likeness (QED) is 0.759. The van der Waals surface area contributed by atoms with Crippen LogP contribution in [0, 0.1) is 5.41 Å². The van der Waals surface area contributed by atoms with Crippen molar-refractivity contribution in [3.63, 3.8) is 0 Å². The SMILES string of the molecule is COCCN(CCOC)C(=O)C1(C)CCCNC1.Cl. The maximum absolute atomic E-state index is 12.6. The van der Waals surface area contributed by atoms with Crippen molar-refractivity contribution in [1.29, 1.82) is 0 Å². The van der Waals surface area contributed by atoms with E-state index in [-0.39, 0.29) is 23.7 Å². The van der Waals surface area contributed by atoms with Crippen LogP contribution in [0.2, 0.25) is 0 Å².